The highest BCUT2D eigenvalue weighted by atomic mass is 79.9. The van der Waals surface area contributed by atoms with Crippen molar-refractivity contribution in [1.29, 1.82) is 0 Å². The summed E-state index contributed by atoms with van der Waals surface area (Å²) >= 11 is 8.30. The Balaban J connectivity index is 2.16. The molecule has 0 spiro atoms. The van der Waals surface area contributed by atoms with Gasteiger partial charge in [0.05, 0.1) is 0 Å². The van der Waals surface area contributed by atoms with Crippen LogP contribution in [-0.4, -0.2) is 10.8 Å². The second-order valence-electron chi connectivity index (χ2n) is 3.96. The molecule has 94 valence electrons. The fourth-order valence-electron chi connectivity index (χ4n) is 1.88. The van der Waals surface area contributed by atoms with Gasteiger partial charge >= 0.3 is 0 Å². The number of halogens is 2. The van der Waals surface area contributed by atoms with Gasteiger partial charge in [-0.05, 0) is 60.8 Å². The van der Waals surface area contributed by atoms with Crippen LogP contribution in [0.4, 0.5) is 0 Å². The summed E-state index contributed by atoms with van der Waals surface area (Å²) in [6.07, 6.45) is 1.63. The lowest BCUT2D eigenvalue weighted by atomic mass is 10.1. The third-order valence-corrected chi connectivity index (χ3v) is 4.75. The molecule has 2 heterocycles. The Hall–Kier alpha value is -1.04. The van der Waals surface area contributed by atoms with E-state index in [4.69, 9.17) is 0 Å². The van der Waals surface area contributed by atoms with Gasteiger partial charge in [0.2, 0.25) is 5.78 Å². The van der Waals surface area contributed by atoms with Crippen LogP contribution in [0.3, 0.4) is 0 Å². The number of thiophene rings is 1. The fraction of sp³-hybridized carbons (Fsp3) is 0. The van der Waals surface area contributed by atoms with E-state index in [0.717, 1.165) is 14.6 Å². The number of carbonyl (C=O) groups excluding carboxylic acids is 1. The summed E-state index contributed by atoms with van der Waals surface area (Å²) in [5, 5.41) is 3.08. The number of carbonyl (C=O) groups is 1. The van der Waals surface area contributed by atoms with Crippen LogP contribution in [-0.2, 0) is 0 Å². The van der Waals surface area contributed by atoms with Crippen LogP contribution in [0.15, 0.2) is 50.9 Å². The van der Waals surface area contributed by atoms with E-state index in [9.17, 15) is 4.79 Å². The maximum Gasteiger partial charge on any atom is 0.213 e. The summed E-state index contributed by atoms with van der Waals surface area (Å²) in [6.45, 7) is 0. The first-order chi connectivity index (χ1) is 9.16. The lowest BCUT2D eigenvalue weighted by Gasteiger charge is -2.04. The Morgan fingerprint density at radius 3 is 2.84 bits per heavy atom. The zero-order valence-electron chi connectivity index (χ0n) is 9.56. The standard InChI is InChI=1S/C14H7Br2NOS/c15-9-6-11(16)12(17-7-9)13(18)10-3-1-2-8-4-5-19-14(8)10/h1-7H. The van der Waals surface area contributed by atoms with Crippen molar-refractivity contribution >= 4 is 59.1 Å². The number of hydrogen-bond donors (Lipinski definition) is 0. The number of rotatable bonds is 2. The van der Waals surface area contributed by atoms with Crippen LogP contribution in [0.1, 0.15) is 16.1 Å². The summed E-state index contributed by atoms with van der Waals surface area (Å²) in [5.74, 6) is -0.0626. The highest BCUT2D eigenvalue weighted by Crippen LogP contribution is 2.28. The smallest absolute Gasteiger partial charge is 0.213 e. The minimum Gasteiger partial charge on any atom is -0.287 e. The first kappa shape index (κ1) is 13.0. The molecule has 0 fully saturated rings. The summed E-state index contributed by atoms with van der Waals surface area (Å²) in [6, 6.07) is 9.59. The van der Waals surface area contributed by atoms with Gasteiger partial charge in [-0.3, -0.25) is 9.78 Å². The first-order valence-electron chi connectivity index (χ1n) is 5.49. The van der Waals surface area contributed by atoms with E-state index in [2.05, 4.69) is 36.8 Å². The third kappa shape index (κ3) is 2.38. The van der Waals surface area contributed by atoms with E-state index < -0.39 is 0 Å². The van der Waals surface area contributed by atoms with E-state index in [1.807, 2.05) is 35.7 Å². The lowest BCUT2D eigenvalue weighted by molar-refractivity contribution is 0.103. The number of hydrogen-bond acceptors (Lipinski definition) is 3. The van der Waals surface area contributed by atoms with Gasteiger partial charge in [-0.1, -0.05) is 12.1 Å². The van der Waals surface area contributed by atoms with Gasteiger partial charge in [-0.25, -0.2) is 0 Å². The average molecular weight is 397 g/mol. The molecule has 2 aromatic heterocycles. The molecular formula is C14H7Br2NOS. The van der Waals surface area contributed by atoms with Crippen LogP contribution in [0.2, 0.25) is 0 Å². The van der Waals surface area contributed by atoms with Crippen LogP contribution >= 0.6 is 43.2 Å². The molecule has 0 bridgehead atoms. The molecule has 2 nitrogen and oxygen atoms in total. The zero-order chi connectivity index (χ0) is 13.4. The van der Waals surface area contributed by atoms with Crippen molar-refractivity contribution in [1.82, 2.24) is 4.98 Å². The molecule has 0 aliphatic rings. The molecule has 0 radical (unpaired) electrons. The normalized spacial score (nSPS) is 10.8. The maximum absolute atomic E-state index is 12.6. The van der Waals surface area contributed by atoms with Crippen molar-refractivity contribution in [3.05, 3.63) is 62.1 Å². The molecule has 3 rings (SSSR count). The Morgan fingerprint density at radius 2 is 2.05 bits per heavy atom. The number of pyridine rings is 1. The van der Waals surface area contributed by atoms with Crippen molar-refractivity contribution in [3.63, 3.8) is 0 Å². The third-order valence-electron chi connectivity index (χ3n) is 2.75. The Bertz CT molecular complexity index is 782. The molecule has 0 N–H and O–H groups in total. The molecule has 0 amide bonds. The molecule has 0 saturated heterocycles. The number of ketones is 1. The van der Waals surface area contributed by atoms with Crippen molar-refractivity contribution in [2.24, 2.45) is 0 Å². The molecule has 3 aromatic rings. The molecule has 0 saturated carbocycles. The molecular weight excluding hydrogens is 390 g/mol. The lowest BCUT2D eigenvalue weighted by Crippen LogP contribution is -2.05. The quantitative estimate of drug-likeness (QED) is 0.567. The first-order valence-corrected chi connectivity index (χ1v) is 7.95. The van der Waals surface area contributed by atoms with Gasteiger partial charge in [0.1, 0.15) is 5.69 Å². The molecule has 0 aliphatic carbocycles. The highest BCUT2D eigenvalue weighted by Gasteiger charge is 2.17. The van der Waals surface area contributed by atoms with Crippen LogP contribution in [0.25, 0.3) is 10.1 Å². The number of nitrogens with zero attached hydrogens (tertiary/aromatic N) is 1. The number of fused-ring (bicyclic) bond motifs is 1. The summed E-state index contributed by atoms with van der Waals surface area (Å²) < 4.78 is 2.54. The van der Waals surface area contributed by atoms with Crippen molar-refractivity contribution in [2.45, 2.75) is 0 Å². The number of aromatic nitrogens is 1. The van der Waals surface area contributed by atoms with Gasteiger partial charge in [-0.2, -0.15) is 0 Å². The van der Waals surface area contributed by atoms with Gasteiger partial charge in [0.15, 0.2) is 0 Å². The molecule has 0 unspecified atom stereocenters. The van der Waals surface area contributed by atoms with Gasteiger partial charge < -0.3 is 0 Å². The summed E-state index contributed by atoms with van der Waals surface area (Å²) in [5.41, 5.74) is 1.13. The summed E-state index contributed by atoms with van der Waals surface area (Å²) in [4.78, 5) is 16.8. The second kappa shape index (κ2) is 5.15. The number of benzene rings is 1. The fourth-order valence-corrected chi connectivity index (χ4v) is 3.96. The Kier molecular flexibility index (Phi) is 3.52. The summed E-state index contributed by atoms with van der Waals surface area (Å²) in [7, 11) is 0. The molecule has 1 aromatic carbocycles. The minimum atomic E-state index is -0.0626. The van der Waals surface area contributed by atoms with Gasteiger partial charge in [-0.15, -0.1) is 11.3 Å². The van der Waals surface area contributed by atoms with Crippen LogP contribution in [0.5, 0.6) is 0 Å². The van der Waals surface area contributed by atoms with Crippen LogP contribution in [0, 0.1) is 0 Å². The minimum absolute atomic E-state index is 0.0626. The molecule has 19 heavy (non-hydrogen) atoms. The maximum atomic E-state index is 12.6. The van der Waals surface area contributed by atoms with Crippen molar-refractivity contribution in [2.75, 3.05) is 0 Å². The predicted molar refractivity (Wildman–Crippen MR) is 84.9 cm³/mol. The van der Waals surface area contributed by atoms with E-state index in [-0.39, 0.29) is 5.78 Å². The molecule has 5 heteroatoms. The monoisotopic (exact) mass is 395 g/mol. The van der Waals surface area contributed by atoms with E-state index in [0.29, 0.717) is 15.7 Å². The van der Waals surface area contributed by atoms with E-state index in [1.165, 1.54) is 0 Å². The average Bonchev–Trinajstić information content (AvgIpc) is 2.86. The van der Waals surface area contributed by atoms with Gasteiger partial charge in [0.25, 0.3) is 0 Å². The Morgan fingerprint density at radius 1 is 1.21 bits per heavy atom. The molecule has 0 aliphatic heterocycles. The predicted octanol–water partition coefficient (Wildman–Crippen LogP) is 5.05. The van der Waals surface area contributed by atoms with E-state index >= 15 is 0 Å². The second-order valence-corrected chi connectivity index (χ2v) is 6.64. The van der Waals surface area contributed by atoms with Gasteiger partial charge in [0, 0.05) is 25.4 Å². The van der Waals surface area contributed by atoms with Crippen molar-refractivity contribution < 1.29 is 4.79 Å². The van der Waals surface area contributed by atoms with Crippen LogP contribution < -0.4 is 0 Å². The van der Waals surface area contributed by atoms with Crippen molar-refractivity contribution in [3.8, 4) is 0 Å². The largest absolute Gasteiger partial charge is 0.287 e. The zero-order valence-corrected chi connectivity index (χ0v) is 13.5. The highest BCUT2D eigenvalue weighted by molar-refractivity contribution is 9.11. The SMILES string of the molecule is O=C(c1ncc(Br)cc1Br)c1cccc2ccsc12. The topological polar surface area (TPSA) is 30.0 Å². The Labute approximate surface area is 130 Å². The molecule has 0 atom stereocenters. The van der Waals surface area contributed by atoms with E-state index in [1.54, 1.807) is 17.5 Å².